The van der Waals surface area contributed by atoms with E-state index in [-0.39, 0.29) is 11.4 Å². The first kappa shape index (κ1) is 9.80. The smallest absolute Gasteiger partial charge is 0.295 e. The highest BCUT2D eigenvalue weighted by Gasteiger charge is 2.17. The second kappa shape index (κ2) is 3.62. The molecule has 1 rings (SSSR count). The van der Waals surface area contributed by atoms with Crippen LogP contribution in [0, 0.1) is 10.1 Å². The third-order valence-corrected chi connectivity index (χ3v) is 1.96. The van der Waals surface area contributed by atoms with Crippen LogP contribution in [-0.4, -0.2) is 4.92 Å². The number of rotatable bonds is 2. The van der Waals surface area contributed by atoms with Crippen LogP contribution >= 0.6 is 11.6 Å². The lowest BCUT2D eigenvalue weighted by atomic mass is 10.1. The van der Waals surface area contributed by atoms with Crippen molar-refractivity contribution in [2.24, 2.45) is 0 Å². The number of halogens is 1. The lowest BCUT2D eigenvalue weighted by Crippen LogP contribution is -1.99. The fraction of sp³-hybridized carbons (Fsp3) is 0.250. The van der Waals surface area contributed by atoms with Gasteiger partial charge in [-0.3, -0.25) is 10.1 Å². The van der Waals surface area contributed by atoms with E-state index in [4.69, 9.17) is 17.3 Å². The number of nitrogens with two attached hydrogens (primary N) is 1. The molecule has 0 radical (unpaired) electrons. The molecular weight excluding hydrogens is 192 g/mol. The molecule has 0 fully saturated rings. The number of aryl methyl sites for hydroxylation is 1. The first-order chi connectivity index (χ1) is 6.06. The summed E-state index contributed by atoms with van der Waals surface area (Å²) in [6.45, 7) is 1.82. The summed E-state index contributed by atoms with van der Waals surface area (Å²) in [5.74, 6) is 0. The maximum Gasteiger partial charge on any atom is 0.295 e. The van der Waals surface area contributed by atoms with Gasteiger partial charge in [-0.2, -0.15) is 0 Å². The van der Waals surface area contributed by atoms with Gasteiger partial charge in [0.1, 0.15) is 5.69 Å². The van der Waals surface area contributed by atoms with Gasteiger partial charge in [0, 0.05) is 10.6 Å². The highest BCUT2D eigenvalue weighted by Crippen LogP contribution is 2.30. The lowest BCUT2D eigenvalue weighted by Gasteiger charge is -2.03. The summed E-state index contributed by atoms with van der Waals surface area (Å²) in [6.07, 6.45) is 0.543. The number of nitro benzene ring substituents is 1. The third kappa shape index (κ3) is 1.89. The molecule has 0 aliphatic heterocycles. The molecule has 0 aliphatic carbocycles. The molecule has 0 spiro atoms. The lowest BCUT2D eigenvalue weighted by molar-refractivity contribution is -0.384. The Hall–Kier alpha value is -1.29. The SMILES string of the molecule is CCc1cc(Cl)cc(N)c1[N+](=O)[O-]. The zero-order chi connectivity index (χ0) is 10.0. The Bertz CT molecular complexity index is 352. The summed E-state index contributed by atoms with van der Waals surface area (Å²) in [7, 11) is 0. The van der Waals surface area contributed by atoms with Crippen LogP contribution in [0.2, 0.25) is 5.02 Å². The molecule has 4 nitrogen and oxygen atoms in total. The second-order valence-corrected chi connectivity index (χ2v) is 3.05. The van der Waals surface area contributed by atoms with E-state index in [9.17, 15) is 10.1 Å². The van der Waals surface area contributed by atoms with Crippen molar-refractivity contribution in [3.05, 3.63) is 32.8 Å². The largest absolute Gasteiger partial charge is 0.393 e. The zero-order valence-corrected chi connectivity index (χ0v) is 7.84. The van der Waals surface area contributed by atoms with Crippen molar-refractivity contribution in [1.29, 1.82) is 0 Å². The van der Waals surface area contributed by atoms with Crippen LogP contribution in [0.5, 0.6) is 0 Å². The molecule has 0 bridgehead atoms. The summed E-state index contributed by atoms with van der Waals surface area (Å²) in [6, 6.07) is 2.95. The summed E-state index contributed by atoms with van der Waals surface area (Å²) in [5, 5.41) is 11.0. The zero-order valence-electron chi connectivity index (χ0n) is 7.08. The highest BCUT2D eigenvalue weighted by molar-refractivity contribution is 6.31. The summed E-state index contributed by atoms with van der Waals surface area (Å²) < 4.78 is 0. The van der Waals surface area contributed by atoms with Gasteiger partial charge in [0.25, 0.3) is 5.69 Å². The van der Waals surface area contributed by atoms with Gasteiger partial charge >= 0.3 is 0 Å². The van der Waals surface area contributed by atoms with Gasteiger partial charge in [-0.25, -0.2) is 0 Å². The Morgan fingerprint density at radius 3 is 2.69 bits per heavy atom. The molecule has 0 unspecified atom stereocenters. The van der Waals surface area contributed by atoms with Crippen molar-refractivity contribution < 1.29 is 4.92 Å². The average Bonchev–Trinajstić information content (AvgIpc) is 2.01. The minimum absolute atomic E-state index is 0.0353. The first-order valence-corrected chi connectivity index (χ1v) is 4.16. The molecule has 13 heavy (non-hydrogen) atoms. The number of hydrogen-bond donors (Lipinski definition) is 1. The Morgan fingerprint density at radius 2 is 2.23 bits per heavy atom. The van der Waals surface area contributed by atoms with Crippen LogP contribution in [-0.2, 0) is 6.42 Å². The van der Waals surface area contributed by atoms with Crippen molar-refractivity contribution in [3.8, 4) is 0 Å². The molecule has 0 aliphatic rings. The average molecular weight is 201 g/mol. The third-order valence-electron chi connectivity index (χ3n) is 1.75. The molecule has 0 saturated heterocycles. The van der Waals surface area contributed by atoms with Crippen molar-refractivity contribution in [1.82, 2.24) is 0 Å². The normalized spacial score (nSPS) is 10.0. The topological polar surface area (TPSA) is 69.2 Å². The van der Waals surface area contributed by atoms with Gasteiger partial charge in [-0.1, -0.05) is 18.5 Å². The van der Waals surface area contributed by atoms with Gasteiger partial charge in [-0.05, 0) is 18.6 Å². The van der Waals surface area contributed by atoms with Gasteiger partial charge in [0.05, 0.1) is 4.92 Å². The number of nitro groups is 1. The van der Waals surface area contributed by atoms with Gasteiger partial charge in [0.2, 0.25) is 0 Å². The fourth-order valence-corrected chi connectivity index (χ4v) is 1.42. The standard InChI is InChI=1S/C8H9ClN2O2/c1-2-5-3-6(9)4-7(10)8(5)11(12)13/h3-4H,2,10H2,1H3. The molecule has 5 heteroatoms. The van der Waals surface area contributed by atoms with E-state index in [0.29, 0.717) is 17.0 Å². The Balaban J connectivity index is 3.38. The Kier molecular flexibility index (Phi) is 2.72. The number of nitrogen functional groups attached to an aromatic ring is 1. The van der Waals surface area contributed by atoms with Crippen LogP contribution < -0.4 is 5.73 Å². The van der Waals surface area contributed by atoms with E-state index in [1.54, 1.807) is 6.07 Å². The first-order valence-electron chi connectivity index (χ1n) is 3.78. The molecule has 70 valence electrons. The predicted octanol–water partition coefficient (Wildman–Crippen LogP) is 2.39. The van der Waals surface area contributed by atoms with Gasteiger partial charge < -0.3 is 5.73 Å². The van der Waals surface area contributed by atoms with Crippen LogP contribution in [0.4, 0.5) is 11.4 Å². The van der Waals surface area contributed by atoms with E-state index in [2.05, 4.69) is 0 Å². The minimum Gasteiger partial charge on any atom is -0.393 e. The Morgan fingerprint density at radius 1 is 1.62 bits per heavy atom. The van der Waals surface area contributed by atoms with Crippen LogP contribution in [0.3, 0.4) is 0 Å². The fourth-order valence-electron chi connectivity index (χ4n) is 1.17. The van der Waals surface area contributed by atoms with E-state index in [0.717, 1.165) is 0 Å². The second-order valence-electron chi connectivity index (χ2n) is 2.61. The molecular formula is C8H9ClN2O2. The molecule has 0 aromatic heterocycles. The summed E-state index contributed by atoms with van der Waals surface area (Å²) >= 11 is 5.70. The molecule has 0 atom stereocenters. The van der Waals surface area contributed by atoms with E-state index in [1.807, 2.05) is 6.92 Å². The predicted molar refractivity (Wildman–Crippen MR) is 51.9 cm³/mol. The molecule has 0 saturated carbocycles. The molecule has 1 aromatic rings. The molecule has 2 N–H and O–H groups in total. The Labute approximate surface area is 80.5 Å². The van der Waals surface area contributed by atoms with Crippen molar-refractivity contribution >= 4 is 23.0 Å². The highest BCUT2D eigenvalue weighted by atomic mass is 35.5. The molecule has 1 aromatic carbocycles. The molecule has 0 amide bonds. The van der Waals surface area contributed by atoms with Crippen LogP contribution in [0.15, 0.2) is 12.1 Å². The number of benzene rings is 1. The van der Waals surface area contributed by atoms with E-state index in [1.165, 1.54) is 6.07 Å². The van der Waals surface area contributed by atoms with Gasteiger partial charge in [0.15, 0.2) is 0 Å². The number of anilines is 1. The summed E-state index contributed by atoms with van der Waals surface area (Å²) in [4.78, 5) is 10.1. The maximum absolute atomic E-state index is 10.6. The number of hydrogen-bond acceptors (Lipinski definition) is 3. The summed E-state index contributed by atoms with van der Waals surface area (Å²) in [5.41, 5.74) is 6.12. The van der Waals surface area contributed by atoms with Crippen molar-refractivity contribution in [2.75, 3.05) is 5.73 Å². The van der Waals surface area contributed by atoms with Crippen molar-refractivity contribution in [2.45, 2.75) is 13.3 Å². The molecule has 0 heterocycles. The monoisotopic (exact) mass is 200 g/mol. The van der Waals surface area contributed by atoms with E-state index >= 15 is 0 Å². The van der Waals surface area contributed by atoms with E-state index < -0.39 is 4.92 Å². The van der Waals surface area contributed by atoms with Crippen LogP contribution in [0.1, 0.15) is 12.5 Å². The van der Waals surface area contributed by atoms with Crippen molar-refractivity contribution in [3.63, 3.8) is 0 Å². The maximum atomic E-state index is 10.6. The quantitative estimate of drug-likeness (QED) is 0.453. The minimum atomic E-state index is -0.482. The van der Waals surface area contributed by atoms with Crippen LogP contribution in [0.25, 0.3) is 0 Å². The van der Waals surface area contributed by atoms with Gasteiger partial charge in [-0.15, -0.1) is 0 Å². The number of nitrogens with zero attached hydrogens (tertiary/aromatic N) is 1.